The number of aryl methyl sites for hydroxylation is 1. The van der Waals surface area contributed by atoms with Crippen molar-refractivity contribution >= 4 is 23.5 Å². The number of esters is 1. The number of allylic oxidation sites excluding steroid dienone is 3. The van der Waals surface area contributed by atoms with Crippen LogP contribution in [0.4, 0.5) is 0 Å². The van der Waals surface area contributed by atoms with Crippen LogP contribution >= 0.6 is 0 Å². The van der Waals surface area contributed by atoms with E-state index in [2.05, 4.69) is 42.1 Å². The molecular formula is C57H80N4O10. The smallest absolute Gasteiger partial charge is 0.306 e. The number of phenols is 1. The number of Topliss-reactive ketones (excluding diaryl/α,β-unsaturated/α-hetero) is 2. The highest BCUT2D eigenvalue weighted by molar-refractivity contribution is 6.00. The van der Waals surface area contributed by atoms with E-state index in [4.69, 9.17) is 16.2 Å². The van der Waals surface area contributed by atoms with Gasteiger partial charge in [-0.15, -0.1) is 5.92 Å². The number of carbonyl (C=O) groups excluding carboxylic acids is 3. The number of hydrogen-bond donors (Lipinski definition) is 9. The number of fused-ring (bicyclic) bond motifs is 10. The van der Waals surface area contributed by atoms with E-state index in [1.807, 2.05) is 6.92 Å². The van der Waals surface area contributed by atoms with Crippen molar-refractivity contribution in [2.24, 2.45) is 92.4 Å². The number of aliphatic imine (C=N–C) groups is 1. The van der Waals surface area contributed by atoms with E-state index in [1.54, 1.807) is 31.2 Å². The quantitative estimate of drug-likeness (QED) is 0.0493. The van der Waals surface area contributed by atoms with Gasteiger partial charge in [-0.2, -0.15) is 0 Å². The van der Waals surface area contributed by atoms with Gasteiger partial charge in [0.1, 0.15) is 5.75 Å². The fourth-order valence-corrected chi connectivity index (χ4v) is 16.5. The van der Waals surface area contributed by atoms with Gasteiger partial charge >= 0.3 is 5.97 Å². The third-order valence-electron chi connectivity index (χ3n) is 20.1. The second kappa shape index (κ2) is 19.9. The number of aromatic hydroxyl groups is 1. The maximum Gasteiger partial charge on any atom is 0.306 e. The highest BCUT2D eigenvalue weighted by Gasteiger charge is 2.74. The Morgan fingerprint density at radius 1 is 0.944 bits per heavy atom. The van der Waals surface area contributed by atoms with Crippen molar-refractivity contribution < 1.29 is 49.8 Å². The number of aliphatic hydroxyl groups excluding tert-OH is 3. The number of rotatable bonds is 10. The molecule has 5 fully saturated rings. The summed E-state index contributed by atoms with van der Waals surface area (Å²) >= 11 is 0. The maximum atomic E-state index is 15.3. The van der Waals surface area contributed by atoms with Crippen molar-refractivity contribution in [2.45, 2.75) is 160 Å². The van der Waals surface area contributed by atoms with Crippen molar-refractivity contribution in [3.05, 3.63) is 52.7 Å². The van der Waals surface area contributed by atoms with Crippen LogP contribution in [0.15, 0.2) is 52.2 Å². The molecule has 1 heterocycles. The molecule has 4 saturated carbocycles. The van der Waals surface area contributed by atoms with Crippen LogP contribution in [0.25, 0.3) is 0 Å². The van der Waals surface area contributed by atoms with Gasteiger partial charge in [0.25, 0.3) is 0 Å². The van der Waals surface area contributed by atoms with Crippen LogP contribution in [0.3, 0.4) is 0 Å². The Hall–Kier alpha value is -4.26. The molecule has 14 nitrogen and oxygen atoms in total. The molecule has 0 bridgehead atoms. The van der Waals surface area contributed by atoms with Gasteiger partial charge in [-0.25, -0.2) is 0 Å². The van der Waals surface area contributed by atoms with Crippen molar-refractivity contribution in [3.8, 4) is 17.6 Å². The van der Waals surface area contributed by atoms with E-state index in [0.717, 1.165) is 31.2 Å². The summed E-state index contributed by atoms with van der Waals surface area (Å²) in [5, 5.41) is 76.1. The summed E-state index contributed by atoms with van der Waals surface area (Å²) < 4.78 is 5.60. The van der Waals surface area contributed by atoms with Gasteiger partial charge in [0.05, 0.1) is 54.8 Å². The Labute approximate surface area is 419 Å². The van der Waals surface area contributed by atoms with Gasteiger partial charge in [0.2, 0.25) is 0 Å². The third kappa shape index (κ3) is 9.38. The molecule has 11 N–H and O–H groups in total. The Morgan fingerprint density at radius 2 is 1.70 bits per heavy atom. The molecule has 1 aliphatic heterocycles. The number of nitrogens with zero attached hydrogens (tertiary/aromatic N) is 1. The number of nitrogens with two attached hydrogens (primary N) is 2. The minimum Gasteiger partial charge on any atom is -0.508 e. The Kier molecular flexibility index (Phi) is 14.5. The van der Waals surface area contributed by atoms with Gasteiger partial charge in [0.15, 0.2) is 17.5 Å². The molecule has 71 heavy (non-hydrogen) atoms. The molecule has 7 aliphatic carbocycles. The first-order chi connectivity index (χ1) is 33.7. The fourth-order valence-electron chi connectivity index (χ4n) is 16.5. The molecule has 388 valence electrons. The first kappa shape index (κ1) is 51.6. The number of phenolic OH excluding ortho intramolecular Hbond substituents is 1. The standard InChI is InChI=1S/C57H80N4O10/c1-31-8-12-34-13-17-40-32(2)23-47(66)55(4,69)52-36(7-5-6-35(24-42(40)41(34)22-31)37-25-48(67)71-30-37)27-57(70)49-43(18-19-56(52,57)20-21-60-53(58)59)54(3)28-46(65)45(64)26-44(54)51(68)50(49)61-29-39(63)16-11-33-9-14-38(62)15-10-33/h9-10,13-15,31-32,35-37,40-47,52,61-62,64-66,69-70H,7-8,11-12,16-30H2,1-4H3,(H4,58,59,60). The van der Waals surface area contributed by atoms with Gasteiger partial charge in [-0.05, 0) is 161 Å². The summed E-state index contributed by atoms with van der Waals surface area (Å²) in [6.45, 7) is 8.41. The molecule has 1 aromatic rings. The molecule has 0 radical (unpaired) electrons. The first-order valence-electron chi connectivity index (χ1n) is 26.9. The Balaban J connectivity index is 1.16. The van der Waals surface area contributed by atoms with Crippen LogP contribution in [0.2, 0.25) is 0 Å². The SMILES string of the molecule is CC1CCC2=CCC3C(C)CC(O)C(C)(O)C4C(CC#CC(C5COC(=O)C5)CC3C2C1)CC1(O)C2=C(NCC(=O)CCc3ccc(O)cc3)C(=O)C3CC(O)C(O)CC3(C)C2CCC41CCN=C(N)N. The zero-order chi connectivity index (χ0) is 50.8. The van der Waals surface area contributed by atoms with Crippen LogP contribution in [0.1, 0.15) is 130 Å². The van der Waals surface area contributed by atoms with Gasteiger partial charge in [-0.3, -0.25) is 19.4 Å². The molecule has 1 saturated heterocycles. The summed E-state index contributed by atoms with van der Waals surface area (Å²) in [6, 6.07) is 6.66. The van der Waals surface area contributed by atoms with Gasteiger partial charge in [-0.1, -0.05) is 50.5 Å². The number of cyclic esters (lactones) is 1. The molecule has 0 aromatic heterocycles. The van der Waals surface area contributed by atoms with Crippen LogP contribution in [-0.2, 0) is 25.5 Å². The van der Waals surface area contributed by atoms with Crippen LogP contribution < -0.4 is 16.8 Å². The topological polar surface area (TPSA) is 258 Å². The lowest BCUT2D eigenvalue weighted by Gasteiger charge is -2.62. The molecule has 14 heteroatoms. The molecule has 0 amide bonds. The van der Waals surface area contributed by atoms with E-state index in [9.17, 15) is 40.2 Å². The molecule has 18 atom stereocenters. The average Bonchev–Trinajstić information content (AvgIpc) is 3.87. The average molecular weight is 981 g/mol. The molecule has 9 rings (SSSR count). The van der Waals surface area contributed by atoms with E-state index in [1.165, 1.54) is 12.0 Å². The van der Waals surface area contributed by atoms with E-state index in [-0.39, 0.29) is 116 Å². The molecular weight excluding hydrogens is 901 g/mol. The number of hydrogen-bond acceptors (Lipinski definition) is 12. The van der Waals surface area contributed by atoms with Crippen LogP contribution in [-0.4, -0.2) is 103 Å². The van der Waals surface area contributed by atoms with E-state index in [0.29, 0.717) is 56.1 Å². The van der Waals surface area contributed by atoms with Gasteiger partial charge in [0, 0.05) is 48.5 Å². The lowest BCUT2D eigenvalue weighted by molar-refractivity contribution is -0.190. The minimum atomic E-state index is -1.82. The van der Waals surface area contributed by atoms with Crippen molar-refractivity contribution in [1.29, 1.82) is 0 Å². The number of aliphatic hydroxyl groups is 5. The number of carbonyl (C=O) groups is 3. The summed E-state index contributed by atoms with van der Waals surface area (Å²) in [5.74, 6) is 5.31. The van der Waals surface area contributed by atoms with Crippen LogP contribution in [0, 0.1) is 87.8 Å². The van der Waals surface area contributed by atoms with Crippen molar-refractivity contribution in [1.82, 2.24) is 5.32 Å². The van der Waals surface area contributed by atoms with Gasteiger partial charge < -0.3 is 52.2 Å². The van der Waals surface area contributed by atoms with E-state index < -0.39 is 64.0 Å². The summed E-state index contributed by atoms with van der Waals surface area (Å²) in [6.07, 6.45) is 6.63. The maximum absolute atomic E-state index is 15.3. The summed E-state index contributed by atoms with van der Waals surface area (Å²) in [5.41, 5.74) is 9.21. The lowest BCUT2D eigenvalue weighted by Crippen LogP contribution is -2.65. The number of benzene rings is 1. The zero-order valence-corrected chi connectivity index (χ0v) is 42.3. The molecule has 8 aliphatic rings. The van der Waals surface area contributed by atoms with E-state index >= 15 is 4.79 Å². The molecule has 18 unspecified atom stereocenters. The lowest BCUT2D eigenvalue weighted by atomic mass is 9.44. The summed E-state index contributed by atoms with van der Waals surface area (Å²) in [4.78, 5) is 46.3. The molecule has 0 spiro atoms. The predicted molar refractivity (Wildman–Crippen MR) is 267 cm³/mol. The number of nitrogens with one attached hydrogen (secondary N) is 1. The Bertz CT molecular complexity index is 2370. The van der Waals surface area contributed by atoms with Crippen molar-refractivity contribution in [2.75, 3.05) is 19.7 Å². The van der Waals surface area contributed by atoms with Crippen molar-refractivity contribution in [3.63, 3.8) is 0 Å². The summed E-state index contributed by atoms with van der Waals surface area (Å²) in [7, 11) is 0. The second-order valence-corrected chi connectivity index (χ2v) is 24.2. The second-order valence-electron chi connectivity index (χ2n) is 24.2. The monoisotopic (exact) mass is 981 g/mol. The fraction of sp³-hybridized carbons (Fsp3) is 0.719. The first-order valence-corrected chi connectivity index (χ1v) is 26.9. The molecule has 1 aromatic carbocycles. The normalized spacial score (nSPS) is 43.1. The largest absolute Gasteiger partial charge is 0.508 e. The predicted octanol–water partition coefficient (Wildman–Crippen LogP) is 5.00. The van der Waals surface area contributed by atoms with Crippen LogP contribution in [0.5, 0.6) is 5.75 Å². The number of ketones is 2. The number of guanidine groups is 1. The third-order valence-corrected chi connectivity index (χ3v) is 20.1. The highest BCUT2D eigenvalue weighted by Crippen LogP contribution is 2.72. The Morgan fingerprint density at radius 3 is 2.42 bits per heavy atom. The minimum absolute atomic E-state index is 0.00888. The highest BCUT2D eigenvalue weighted by atomic mass is 16.5. The number of ether oxygens (including phenoxy) is 1. The zero-order valence-electron chi connectivity index (χ0n) is 42.3.